The van der Waals surface area contributed by atoms with E-state index in [1.807, 2.05) is 31.2 Å². The first-order valence-electron chi connectivity index (χ1n) is 8.34. The average Bonchev–Trinajstić information content (AvgIpc) is 3.02. The van der Waals surface area contributed by atoms with Gasteiger partial charge in [-0.2, -0.15) is 0 Å². The van der Waals surface area contributed by atoms with Crippen molar-refractivity contribution < 1.29 is 19.4 Å². The predicted octanol–water partition coefficient (Wildman–Crippen LogP) is 2.66. The van der Waals surface area contributed by atoms with Crippen LogP contribution in [0.5, 0.6) is 11.5 Å². The van der Waals surface area contributed by atoms with Gasteiger partial charge in [-0.25, -0.2) is 0 Å². The highest BCUT2D eigenvalue weighted by Crippen LogP contribution is 2.25. The van der Waals surface area contributed by atoms with Crippen LogP contribution in [0.15, 0.2) is 48.5 Å². The molecular formula is C20H23NO4. The maximum Gasteiger partial charge on any atom is 0.254 e. The number of β-amino-alcohol motifs (C(OH)–C–C–N with tert-alkyl or cyclic N) is 1. The second-order valence-electron chi connectivity index (χ2n) is 6.54. The van der Waals surface area contributed by atoms with E-state index in [9.17, 15) is 9.90 Å². The minimum Gasteiger partial charge on any atom is -0.497 e. The molecule has 1 aliphatic heterocycles. The Morgan fingerprint density at radius 1 is 1.20 bits per heavy atom. The molecule has 2 aromatic carbocycles. The number of likely N-dealkylation sites (tertiary alicyclic amines) is 1. The van der Waals surface area contributed by atoms with Gasteiger partial charge in [-0.05, 0) is 49.2 Å². The number of hydrogen-bond donors (Lipinski definition) is 1. The largest absolute Gasteiger partial charge is 0.497 e. The number of carbonyl (C=O) groups is 1. The summed E-state index contributed by atoms with van der Waals surface area (Å²) in [5, 5.41) is 10.7. The number of ether oxygens (including phenoxy) is 2. The highest BCUT2D eigenvalue weighted by atomic mass is 16.5. The lowest BCUT2D eigenvalue weighted by Crippen LogP contribution is -2.40. The van der Waals surface area contributed by atoms with Gasteiger partial charge in [0.05, 0.1) is 13.7 Å². The monoisotopic (exact) mass is 341 g/mol. The molecule has 1 aliphatic rings. The minimum absolute atomic E-state index is 0.106. The summed E-state index contributed by atoms with van der Waals surface area (Å²) in [6, 6.07) is 14.8. The molecule has 25 heavy (non-hydrogen) atoms. The van der Waals surface area contributed by atoms with Gasteiger partial charge in [-0.3, -0.25) is 4.79 Å². The molecule has 0 spiro atoms. The molecular weight excluding hydrogens is 318 g/mol. The number of aryl methyl sites for hydroxylation is 1. The Hall–Kier alpha value is -2.53. The van der Waals surface area contributed by atoms with E-state index in [1.54, 1.807) is 36.3 Å². The number of rotatable bonds is 5. The number of hydrogen-bond acceptors (Lipinski definition) is 4. The Labute approximate surface area is 147 Å². The molecule has 3 rings (SSSR count). The molecule has 0 radical (unpaired) electrons. The van der Waals surface area contributed by atoms with Crippen LogP contribution in [0.2, 0.25) is 0 Å². The van der Waals surface area contributed by atoms with Gasteiger partial charge in [0, 0.05) is 12.1 Å². The zero-order chi connectivity index (χ0) is 17.9. The first-order chi connectivity index (χ1) is 12.0. The van der Waals surface area contributed by atoms with Gasteiger partial charge in [0.15, 0.2) is 0 Å². The fraction of sp³-hybridized carbons (Fsp3) is 0.350. The summed E-state index contributed by atoms with van der Waals surface area (Å²) in [5.41, 5.74) is 0.632. The van der Waals surface area contributed by atoms with Crippen molar-refractivity contribution >= 4 is 5.91 Å². The lowest BCUT2D eigenvalue weighted by atomic mass is 10.1. The maximum absolute atomic E-state index is 12.6. The van der Waals surface area contributed by atoms with Gasteiger partial charge in [0.2, 0.25) is 0 Å². The van der Waals surface area contributed by atoms with E-state index >= 15 is 0 Å². The van der Waals surface area contributed by atoms with E-state index in [0.29, 0.717) is 24.3 Å². The maximum atomic E-state index is 12.6. The molecule has 0 aromatic heterocycles. The van der Waals surface area contributed by atoms with E-state index in [0.717, 1.165) is 11.3 Å². The van der Waals surface area contributed by atoms with Crippen molar-refractivity contribution in [1.29, 1.82) is 0 Å². The van der Waals surface area contributed by atoms with Crippen molar-refractivity contribution in [1.82, 2.24) is 4.90 Å². The smallest absolute Gasteiger partial charge is 0.254 e. The molecule has 132 valence electrons. The second-order valence-corrected chi connectivity index (χ2v) is 6.54. The van der Waals surface area contributed by atoms with Crippen molar-refractivity contribution in [3.63, 3.8) is 0 Å². The van der Waals surface area contributed by atoms with E-state index in [2.05, 4.69) is 0 Å². The Balaban J connectivity index is 1.62. The molecule has 1 amide bonds. The summed E-state index contributed by atoms with van der Waals surface area (Å²) in [7, 11) is 1.57. The summed E-state index contributed by atoms with van der Waals surface area (Å²) in [6.07, 6.45) is 0.495. The van der Waals surface area contributed by atoms with Crippen LogP contribution in [0.3, 0.4) is 0 Å². The van der Waals surface area contributed by atoms with Gasteiger partial charge < -0.3 is 19.5 Å². The molecule has 0 bridgehead atoms. The van der Waals surface area contributed by atoms with E-state index < -0.39 is 5.60 Å². The van der Waals surface area contributed by atoms with Gasteiger partial charge in [-0.1, -0.05) is 18.2 Å². The molecule has 0 unspecified atom stereocenters. The fourth-order valence-corrected chi connectivity index (χ4v) is 3.01. The first-order valence-corrected chi connectivity index (χ1v) is 8.34. The Bertz CT molecular complexity index is 761. The van der Waals surface area contributed by atoms with Crippen LogP contribution in [-0.4, -0.2) is 48.3 Å². The van der Waals surface area contributed by atoms with Crippen LogP contribution in [-0.2, 0) is 0 Å². The van der Waals surface area contributed by atoms with Gasteiger partial charge in [0.25, 0.3) is 5.91 Å². The molecule has 0 saturated carbocycles. The summed E-state index contributed by atoms with van der Waals surface area (Å²) >= 11 is 0. The number of benzene rings is 2. The molecule has 5 heteroatoms. The van der Waals surface area contributed by atoms with Crippen molar-refractivity contribution in [2.75, 3.05) is 26.8 Å². The second kappa shape index (κ2) is 7.15. The first kappa shape index (κ1) is 17.3. The molecule has 1 N–H and O–H groups in total. The van der Waals surface area contributed by atoms with Crippen molar-refractivity contribution in [2.45, 2.75) is 18.9 Å². The van der Waals surface area contributed by atoms with Crippen molar-refractivity contribution in [3.8, 4) is 11.5 Å². The molecule has 5 nitrogen and oxygen atoms in total. The lowest BCUT2D eigenvalue weighted by molar-refractivity contribution is 0.00429. The Morgan fingerprint density at radius 2 is 1.96 bits per heavy atom. The average molecular weight is 341 g/mol. The zero-order valence-electron chi connectivity index (χ0n) is 14.6. The third kappa shape index (κ3) is 4.12. The summed E-state index contributed by atoms with van der Waals surface area (Å²) in [6.45, 7) is 2.92. The number of carbonyl (C=O) groups excluding carboxylic acids is 1. The molecule has 0 aliphatic carbocycles. The summed E-state index contributed by atoms with van der Waals surface area (Å²) < 4.78 is 10.9. The van der Waals surface area contributed by atoms with Crippen LogP contribution in [0.4, 0.5) is 0 Å². The van der Waals surface area contributed by atoms with Crippen molar-refractivity contribution in [3.05, 3.63) is 59.7 Å². The number of aliphatic hydroxyl groups is 1. The quantitative estimate of drug-likeness (QED) is 0.908. The van der Waals surface area contributed by atoms with Crippen LogP contribution in [0.1, 0.15) is 22.3 Å². The van der Waals surface area contributed by atoms with E-state index in [1.165, 1.54) is 0 Å². The van der Waals surface area contributed by atoms with Crippen LogP contribution >= 0.6 is 0 Å². The van der Waals surface area contributed by atoms with E-state index in [4.69, 9.17) is 9.47 Å². The number of amides is 1. The highest BCUT2D eigenvalue weighted by molar-refractivity contribution is 5.94. The molecule has 1 saturated heterocycles. The van der Waals surface area contributed by atoms with Gasteiger partial charge in [-0.15, -0.1) is 0 Å². The molecule has 1 atom stereocenters. The summed E-state index contributed by atoms with van der Waals surface area (Å²) in [5.74, 6) is 1.26. The van der Waals surface area contributed by atoms with Crippen LogP contribution < -0.4 is 9.47 Å². The van der Waals surface area contributed by atoms with Crippen LogP contribution in [0.25, 0.3) is 0 Å². The molecule has 1 heterocycles. The Morgan fingerprint density at radius 3 is 2.72 bits per heavy atom. The number of methoxy groups -OCH3 is 1. The third-order valence-electron chi connectivity index (χ3n) is 4.43. The van der Waals surface area contributed by atoms with Crippen molar-refractivity contribution in [2.24, 2.45) is 0 Å². The van der Waals surface area contributed by atoms with Crippen LogP contribution in [0, 0.1) is 6.92 Å². The molecule has 1 fully saturated rings. The SMILES string of the molecule is COc1cccc(C(=O)N2CC[C@@](O)(COc3cccc(C)c3)C2)c1. The minimum atomic E-state index is -1.03. The Kier molecular flexibility index (Phi) is 4.95. The lowest BCUT2D eigenvalue weighted by Gasteiger charge is -2.24. The van der Waals surface area contributed by atoms with E-state index in [-0.39, 0.29) is 19.1 Å². The normalized spacial score (nSPS) is 19.7. The summed E-state index contributed by atoms with van der Waals surface area (Å²) in [4.78, 5) is 14.3. The highest BCUT2D eigenvalue weighted by Gasteiger charge is 2.39. The zero-order valence-corrected chi connectivity index (χ0v) is 14.6. The standard InChI is InChI=1S/C20H23NO4/c1-15-5-3-8-18(11-15)25-14-20(23)9-10-21(13-20)19(22)16-6-4-7-17(12-16)24-2/h3-8,11-12,23H,9-10,13-14H2,1-2H3/t20-/m0/s1. The number of nitrogens with zero attached hydrogens (tertiary/aromatic N) is 1. The fourth-order valence-electron chi connectivity index (χ4n) is 3.01. The third-order valence-corrected chi connectivity index (χ3v) is 4.43. The topological polar surface area (TPSA) is 59.0 Å². The van der Waals surface area contributed by atoms with Gasteiger partial charge in [0.1, 0.15) is 23.7 Å². The molecule has 2 aromatic rings. The predicted molar refractivity (Wildman–Crippen MR) is 95.1 cm³/mol. The van der Waals surface area contributed by atoms with Gasteiger partial charge >= 0.3 is 0 Å².